The second-order valence-corrected chi connectivity index (χ2v) is 7.13. The molecule has 1 fully saturated rings. The molecule has 8 nitrogen and oxygen atoms in total. The molecule has 4 rings (SSSR count). The highest BCUT2D eigenvalue weighted by atomic mass is 16.5. The van der Waals surface area contributed by atoms with Crippen molar-refractivity contribution in [3.63, 3.8) is 0 Å². The van der Waals surface area contributed by atoms with Crippen LogP contribution in [-0.2, 0) is 22.7 Å². The van der Waals surface area contributed by atoms with Crippen molar-refractivity contribution in [2.24, 2.45) is 5.92 Å². The van der Waals surface area contributed by atoms with E-state index in [1.165, 1.54) is 5.56 Å². The number of pyridine rings is 1. The van der Waals surface area contributed by atoms with E-state index in [4.69, 9.17) is 4.52 Å². The van der Waals surface area contributed by atoms with Gasteiger partial charge in [0, 0.05) is 37.5 Å². The maximum atomic E-state index is 12.5. The van der Waals surface area contributed by atoms with Crippen LogP contribution in [0.2, 0.25) is 0 Å². The molecule has 1 N–H and O–H groups in total. The highest BCUT2D eigenvalue weighted by molar-refractivity contribution is 5.89. The van der Waals surface area contributed by atoms with Gasteiger partial charge >= 0.3 is 0 Å². The highest BCUT2D eigenvalue weighted by Gasteiger charge is 2.34. The average molecular weight is 391 g/mol. The Kier molecular flexibility index (Phi) is 5.33. The number of nitrogens with one attached hydrogen (secondary N) is 1. The number of nitrogens with zero attached hydrogens (tertiary/aromatic N) is 4. The third kappa shape index (κ3) is 4.48. The molecule has 1 aliphatic rings. The molecule has 8 heteroatoms. The van der Waals surface area contributed by atoms with Crippen LogP contribution in [0.3, 0.4) is 0 Å². The van der Waals surface area contributed by atoms with Crippen molar-refractivity contribution >= 4 is 11.8 Å². The van der Waals surface area contributed by atoms with Gasteiger partial charge in [-0.2, -0.15) is 4.98 Å². The number of likely N-dealkylation sites (tertiary alicyclic amines) is 1. The first-order chi connectivity index (χ1) is 14.1. The number of hydrogen-bond donors (Lipinski definition) is 1. The zero-order chi connectivity index (χ0) is 20.2. The van der Waals surface area contributed by atoms with Crippen molar-refractivity contribution in [1.82, 2.24) is 25.3 Å². The maximum Gasteiger partial charge on any atom is 0.246 e. The lowest BCUT2D eigenvalue weighted by atomic mass is 10.1. The molecule has 0 radical (unpaired) electrons. The van der Waals surface area contributed by atoms with Crippen LogP contribution in [-0.4, -0.2) is 38.4 Å². The Balaban J connectivity index is 1.31. The third-order valence-corrected chi connectivity index (χ3v) is 4.90. The molecule has 3 heterocycles. The van der Waals surface area contributed by atoms with E-state index in [9.17, 15) is 9.59 Å². The topological polar surface area (TPSA) is 101 Å². The molecule has 1 aromatic carbocycles. The Morgan fingerprint density at radius 1 is 1.21 bits per heavy atom. The molecule has 1 aliphatic heterocycles. The first kappa shape index (κ1) is 18.8. The van der Waals surface area contributed by atoms with Gasteiger partial charge in [-0.1, -0.05) is 35.0 Å². The van der Waals surface area contributed by atoms with Gasteiger partial charge < -0.3 is 14.7 Å². The first-order valence-electron chi connectivity index (χ1n) is 9.42. The summed E-state index contributed by atoms with van der Waals surface area (Å²) in [5, 5.41) is 6.70. The van der Waals surface area contributed by atoms with Gasteiger partial charge in [-0.15, -0.1) is 0 Å². The molecule has 148 valence electrons. The van der Waals surface area contributed by atoms with E-state index in [2.05, 4.69) is 20.4 Å². The zero-order valence-corrected chi connectivity index (χ0v) is 16.0. The molecule has 29 heavy (non-hydrogen) atoms. The summed E-state index contributed by atoms with van der Waals surface area (Å²) in [5.74, 6) is 0.176. The largest absolute Gasteiger partial charge is 0.347 e. The first-order valence-corrected chi connectivity index (χ1v) is 9.42. The van der Waals surface area contributed by atoms with Gasteiger partial charge in [0.25, 0.3) is 0 Å². The van der Waals surface area contributed by atoms with Crippen molar-refractivity contribution in [2.75, 3.05) is 6.54 Å². The highest BCUT2D eigenvalue weighted by Crippen LogP contribution is 2.21. The van der Waals surface area contributed by atoms with E-state index in [-0.39, 0.29) is 30.7 Å². The van der Waals surface area contributed by atoms with Gasteiger partial charge in [0.2, 0.25) is 23.5 Å². The lowest BCUT2D eigenvalue weighted by Gasteiger charge is -2.16. The van der Waals surface area contributed by atoms with Crippen molar-refractivity contribution in [2.45, 2.75) is 26.4 Å². The number of amides is 2. The van der Waals surface area contributed by atoms with Gasteiger partial charge in [-0.3, -0.25) is 14.6 Å². The average Bonchev–Trinajstić information content (AvgIpc) is 3.36. The van der Waals surface area contributed by atoms with E-state index in [0.29, 0.717) is 24.8 Å². The molecular weight excluding hydrogens is 370 g/mol. The lowest BCUT2D eigenvalue weighted by Crippen LogP contribution is -2.32. The minimum atomic E-state index is -0.379. The normalized spacial score (nSPS) is 16.2. The van der Waals surface area contributed by atoms with Crippen molar-refractivity contribution in [3.8, 4) is 11.4 Å². The number of benzene rings is 1. The maximum absolute atomic E-state index is 12.5. The minimum Gasteiger partial charge on any atom is -0.347 e. The van der Waals surface area contributed by atoms with Crippen LogP contribution in [0.5, 0.6) is 0 Å². The third-order valence-electron chi connectivity index (χ3n) is 4.90. The summed E-state index contributed by atoms with van der Waals surface area (Å²) in [5.41, 5.74) is 3.01. The van der Waals surface area contributed by atoms with Crippen LogP contribution in [0.1, 0.15) is 23.4 Å². The Morgan fingerprint density at radius 3 is 2.72 bits per heavy atom. The molecule has 1 saturated heterocycles. The van der Waals surface area contributed by atoms with E-state index in [1.807, 2.05) is 31.2 Å². The van der Waals surface area contributed by atoms with E-state index >= 15 is 0 Å². The molecule has 2 aromatic heterocycles. The fourth-order valence-electron chi connectivity index (χ4n) is 3.27. The lowest BCUT2D eigenvalue weighted by molar-refractivity contribution is -0.129. The standard InChI is InChI=1S/C21H21N5O3/c1-14-2-4-15(5-3-14)12-26-13-17(10-19(26)27)21(28)23-11-18-24-20(25-29-18)16-6-8-22-9-7-16/h2-9,17H,10-13H2,1H3,(H,23,28). The summed E-state index contributed by atoms with van der Waals surface area (Å²) in [7, 11) is 0. The number of aromatic nitrogens is 3. The smallest absolute Gasteiger partial charge is 0.246 e. The van der Waals surface area contributed by atoms with E-state index < -0.39 is 0 Å². The Morgan fingerprint density at radius 2 is 1.97 bits per heavy atom. The number of rotatable bonds is 6. The van der Waals surface area contributed by atoms with Gasteiger partial charge in [-0.25, -0.2) is 0 Å². The van der Waals surface area contributed by atoms with Gasteiger partial charge in [0.05, 0.1) is 12.5 Å². The molecule has 1 unspecified atom stereocenters. The molecular formula is C21H21N5O3. The summed E-state index contributed by atoms with van der Waals surface area (Å²) in [6.07, 6.45) is 3.50. The molecule has 0 spiro atoms. The predicted octanol–water partition coefficient (Wildman–Crippen LogP) is 2.10. The predicted molar refractivity (Wildman–Crippen MR) is 104 cm³/mol. The Bertz CT molecular complexity index is 1000. The number of hydrogen-bond acceptors (Lipinski definition) is 6. The summed E-state index contributed by atoms with van der Waals surface area (Å²) >= 11 is 0. The quantitative estimate of drug-likeness (QED) is 0.691. The van der Waals surface area contributed by atoms with Crippen LogP contribution in [0, 0.1) is 12.8 Å². The Hall–Kier alpha value is -3.55. The van der Waals surface area contributed by atoms with Gasteiger partial charge in [-0.05, 0) is 24.6 Å². The van der Waals surface area contributed by atoms with Crippen LogP contribution in [0.25, 0.3) is 11.4 Å². The molecule has 0 aliphatic carbocycles. The Labute approximate surface area is 167 Å². The fourth-order valence-corrected chi connectivity index (χ4v) is 3.27. The van der Waals surface area contributed by atoms with Crippen LogP contribution < -0.4 is 5.32 Å². The summed E-state index contributed by atoms with van der Waals surface area (Å²) < 4.78 is 5.19. The van der Waals surface area contributed by atoms with Crippen molar-refractivity contribution in [1.29, 1.82) is 0 Å². The van der Waals surface area contributed by atoms with Gasteiger partial charge in [0.1, 0.15) is 0 Å². The van der Waals surface area contributed by atoms with E-state index in [1.54, 1.807) is 29.4 Å². The molecule has 2 amide bonds. The molecule has 0 bridgehead atoms. The summed E-state index contributed by atoms with van der Waals surface area (Å²) in [6, 6.07) is 11.6. The molecule has 3 aromatic rings. The molecule has 1 atom stereocenters. The van der Waals surface area contributed by atoms with Gasteiger partial charge in [0.15, 0.2) is 0 Å². The second kappa shape index (κ2) is 8.22. The van der Waals surface area contributed by atoms with Crippen molar-refractivity contribution in [3.05, 3.63) is 65.8 Å². The molecule has 0 saturated carbocycles. The van der Waals surface area contributed by atoms with Crippen LogP contribution >= 0.6 is 0 Å². The SMILES string of the molecule is Cc1ccc(CN2CC(C(=O)NCc3nc(-c4ccncc4)no3)CC2=O)cc1. The van der Waals surface area contributed by atoms with Crippen LogP contribution in [0.15, 0.2) is 53.3 Å². The monoisotopic (exact) mass is 391 g/mol. The number of aryl methyl sites for hydroxylation is 1. The summed E-state index contributed by atoms with van der Waals surface area (Å²) in [4.78, 5) is 34.7. The van der Waals surface area contributed by atoms with E-state index in [0.717, 1.165) is 11.1 Å². The number of carbonyl (C=O) groups is 2. The van der Waals surface area contributed by atoms with Crippen molar-refractivity contribution < 1.29 is 14.1 Å². The minimum absolute atomic E-state index is 0.0107. The summed E-state index contributed by atoms with van der Waals surface area (Å²) in [6.45, 7) is 3.07. The fraction of sp³-hybridized carbons (Fsp3) is 0.286. The van der Waals surface area contributed by atoms with Crippen LogP contribution in [0.4, 0.5) is 0 Å². The number of carbonyl (C=O) groups excluding carboxylic acids is 2. The zero-order valence-electron chi connectivity index (χ0n) is 16.0. The second-order valence-electron chi connectivity index (χ2n) is 7.13.